The molecule has 0 aliphatic heterocycles. The van der Waals surface area contributed by atoms with Gasteiger partial charge in [0.05, 0.1) is 5.69 Å². The number of ether oxygens (including phenoxy) is 1. The molecule has 0 radical (unpaired) electrons. The van der Waals surface area contributed by atoms with Crippen molar-refractivity contribution in [3.05, 3.63) is 102 Å². The van der Waals surface area contributed by atoms with Gasteiger partial charge in [0.15, 0.2) is 0 Å². The molecule has 0 spiro atoms. The lowest BCUT2D eigenvalue weighted by Gasteiger charge is -2.25. The standard InChI is InChI=1S/C33H36N6O4/c1-33(2,3)43-32(42)37-28(17-21-19-34-26-15-9-7-13-24(21)26)30(40)36-29(31(41)39-38-23-11-5-4-6-12-23)18-22-20-35-27-16-10-8-14-25(22)27/h4-16,19-20,28-29,34-35,38H,17-18H2,1-3H3,(H,36,40)(H,37,42)(H,39,41)/t28-,29-/m0/s1. The Morgan fingerprint density at radius 2 is 1.21 bits per heavy atom. The van der Waals surface area contributed by atoms with Crippen molar-refractivity contribution in [1.82, 2.24) is 26.0 Å². The lowest BCUT2D eigenvalue weighted by Crippen LogP contribution is -2.56. The summed E-state index contributed by atoms with van der Waals surface area (Å²) >= 11 is 0. The zero-order valence-electron chi connectivity index (χ0n) is 24.4. The maximum absolute atomic E-state index is 13.9. The van der Waals surface area contributed by atoms with E-state index >= 15 is 0 Å². The Balaban J connectivity index is 1.40. The van der Waals surface area contributed by atoms with Crippen LogP contribution in [0.25, 0.3) is 21.8 Å². The highest BCUT2D eigenvalue weighted by molar-refractivity contribution is 5.93. The molecule has 0 bridgehead atoms. The summed E-state index contributed by atoms with van der Waals surface area (Å²) in [6.45, 7) is 5.26. The van der Waals surface area contributed by atoms with Crippen LogP contribution in [0.4, 0.5) is 10.5 Å². The van der Waals surface area contributed by atoms with Crippen LogP contribution >= 0.6 is 0 Å². The summed E-state index contributed by atoms with van der Waals surface area (Å²) < 4.78 is 5.47. The van der Waals surface area contributed by atoms with E-state index in [1.807, 2.05) is 91.3 Å². The van der Waals surface area contributed by atoms with Crippen LogP contribution in [-0.2, 0) is 27.2 Å². The van der Waals surface area contributed by atoms with Gasteiger partial charge in [0.25, 0.3) is 5.91 Å². The van der Waals surface area contributed by atoms with E-state index in [1.165, 1.54) is 0 Å². The number of aromatic amines is 2. The van der Waals surface area contributed by atoms with E-state index in [4.69, 9.17) is 4.74 Å². The van der Waals surface area contributed by atoms with Crippen LogP contribution in [0.15, 0.2) is 91.3 Å². The summed E-state index contributed by atoms with van der Waals surface area (Å²) in [5.41, 5.74) is 9.10. The zero-order chi connectivity index (χ0) is 30.4. The summed E-state index contributed by atoms with van der Waals surface area (Å²) in [6.07, 6.45) is 3.32. The number of rotatable bonds is 10. The number of carbonyl (C=O) groups is 3. The molecule has 0 saturated heterocycles. The largest absolute Gasteiger partial charge is 0.444 e. The van der Waals surface area contributed by atoms with E-state index < -0.39 is 35.6 Å². The quantitative estimate of drug-likeness (QED) is 0.130. The van der Waals surface area contributed by atoms with E-state index in [0.29, 0.717) is 5.69 Å². The van der Waals surface area contributed by atoms with Crippen LogP contribution in [0.1, 0.15) is 31.9 Å². The fourth-order valence-corrected chi connectivity index (χ4v) is 4.92. The first-order chi connectivity index (χ1) is 20.7. The van der Waals surface area contributed by atoms with Crippen LogP contribution in [0.3, 0.4) is 0 Å². The predicted molar refractivity (Wildman–Crippen MR) is 167 cm³/mol. The first-order valence-electron chi connectivity index (χ1n) is 14.2. The number of anilines is 1. The number of benzene rings is 3. The Kier molecular flexibility index (Phi) is 8.66. The predicted octanol–water partition coefficient (Wildman–Crippen LogP) is 4.96. The molecule has 5 rings (SSSR count). The first-order valence-corrected chi connectivity index (χ1v) is 14.2. The van der Waals surface area contributed by atoms with Crippen molar-refractivity contribution < 1.29 is 19.1 Å². The van der Waals surface area contributed by atoms with Crippen LogP contribution in [0.5, 0.6) is 0 Å². The molecule has 6 N–H and O–H groups in total. The smallest absolute Gasteiger partial charge is 0.408 e. The fraction of sp³-hybridized carbons (Fsp3) is 0.242. The Labute approximate surface area is 249 Å². The summed E-state index contributed by atoms with van der Waals surface area (Å²) in [4.78, 5) is 46.7. The number of nitrogens with one attached hydrogen (secondary N) is 6. The number of hydrogen-bond acceptors (Lipinski definition) is 5. The summed E-state index contributed by atoms with van der Waals surface area (Å²) in [5, 5.41) is 7.51. The number of amides is 3. The highest BCUT2D eigenvalue weighted by Gasteiger charge is 2.30. The topological polar surface area (TPSA) is 140 Å². The van der Waals surface area contributed by atoms with Gasteiger partial charge in [-0.3, -0.25) is 20.4 Å². The molecular formula is C33H36N6O4. The van der Waals surface area contributed by atoms with Crippen molar-refractivity contribution in [3.63, 3.8) is 0 Å². The minimum absolute atomic E-state index is 0.179. The number of H-pyrrole nitrogens is 2. The maximum atomic E-state index is 13.9. The molecule has 222 valence electrons. The number of aromatic nitrogens is 2. The van der Waals surface area contributed by atoms with Crippen LogP contribution in [-0.4, -0.2) is 45.6 Å². The second kappa shape index (κ2) is 12.7. The molecule has 3 aromatic carbocycles. The summed E-state index contributed by atoms with van der Waals surface area (Å²) in [7, 11) is 0. The SMILES string of the molecule is CC(C)(C)OC(=O)N[C@@H](Cc1c[nH]c2ccccc12)C(=O)N[C@@H](Cc1c[nH]c2ccccc12)C(=O)NNc1ccccc1. The van der Waals surface area contributed by atoms with Crippen molar-refractivity contribution in [2.75, 3.05) is 5.43 Å². The molecule has 10 nitrogen and oxygen atoms in total. The van der Waals surface area contributed by atoms with Crippen molar-refractivity contribution in [2.24, 2.45) is 0 Å². The van der Waals surface area contributed by atoms with Gasteiger partial charge in [0, 0.05) is 47.0 Å². The Hall–Kier alpha value is -5.25. The van der Waals surface area contributed by atoms with Crippen LogP contribution in [0, 0.1) is 0 Å². The van der Waals surface area contributed by atoms with E-state index in [-0.39, 0.29) is 12.8 Å². The van der Waals surface area contributed by atoms with Gasteiger partial charge in [0.1, 0.15) is 17.7 Å². The van der Waals surface area contributed by atoms with Crippen molar-refractivity contribution in [1.29, 1.82) is 0 Å². The highest BCUT2D eigenvalue weighted by atomic mass is 16.6. The van der Waals surface area contributed by atoms with Gasteiger partial charge in [-0.15, -0.1) is 0 Å². The summed E-state index contributed by atoms with van der Waals surface area (Å²) in [5.74, 6) is -0.957. The molecule has 5 aromatic rings. The highest BCUT2D eigenvalue weighted by Crippen LogP contribution is 2.21. The molecule has 0 fully saturated rings. The molecule has 0 unspecified atom stereocenters. The average molecular weight is 581 g/mol. The van der Waals surface area contributed by atoms with Gasteiger partial charge in [-0.25, -0.2) is 4.79 Å². The van der Waals surface area contributed by atoms with E-state index in [9.17, 15) is 14.4 Å². The average Bonchev–Trinajstić information content (AvgIpc) is 3.59. The minimum Gasteiger partial charge on any atom is -0.444 e. The molecule has 10 heteroatoms. The van der Waals surface area contributed by atoms with Crippen molar-refractivity contribution in [2.45, 2.75) is 51.3 Å². The minimum atomic E-state index is -1.02. The zero-order valence-corrected chi connectivity index (χ0v) is 24.4. The Bertz CT molecular complexity index is 1720. The van der Waals surface area contributed by atoms with Gasteiger partial charge < -0.3 is 25.3 Å². The second-order valence-corrected chi connectivity index (χ2v) is 11.4. The number of fused-ring (bicyclic) bond motifs is 2. The molecule has 2 atom stereocenters. The normalized spacial score (nSPS) is 12.8. The second-order valence-electron chi connectivity index (χ2n) is 11.4. The molecule has 2 heterocycles. The summed E-state index contributed by atoms with van der Waals surface area (Å²) in [6, 6.07) is 22.7. The Morgan fingerprint density at radius 1 is 0.698 bits per heavy atom. The maximum Gasteiger partial charge on any atom is 0.408 e. The molecule has 0 saturated carbocycles. The lowest BCUT2D eigenvalue weighted by molar-refractivity contribution is -0.129. The third kappa shape index (κ3) is 7.53. The number of alkyl carbamates (subject to hydrolysis) is 1. The monoisotopic (exact) mass is 580 g/mol. The molecule has 0 aliphatic carbocycles. The third-order valence-corrected chi connectivity index (χ3v) is 6.94. The van der Waals surface area contributed by atoms with Gasteiger partial charge in [-0.05, 0) is 56.2 Å². The van der Waals surface area contributed by atoms with E-state index in [2.05, 4.69) is 31.5 Å². The fourth-order valence-electron chi connectivity index (χ4n) is 4.92. The van der Waals surface area contributed by atoms with Gasteiger partial charge >= 0.3 is 6.09 Å². The van der Waals surface area contributed by atoms with Gasteiger partial charge in [-0.2, -0.15) is 0 Å². The van der Waals surface area contributed by atoms with E-state index in [1.54, 1.807) is 20.8 Å². The first kappa shape index (κ1) is 29.2. The van der Waals surface area contributed by atoms with Crippen LogP contribution in [0.2, 0.25) is 0 Å². The Morgan fingerprint density at radius 3 is 1.77 bits per heavy atom. The molecule has 2 aromatic heterocycles. The van der Waals surface area contributed by atoms with Gasteiger partial charge in [-0.1, -0.05) is 54.6 Å². The molecule has 43 heavy (non-hydrogen) atoms. The van der Waals surface area contributed by atoms with E-state index in [0.717, 1.165) is 32.9 Å². The number of hydrazine groups is 1. The van der Waals surface area contributed by atoms with Crippen molar-refractivity contribution >= 4 is 45.4 Å². The molecule has 3 amide bonds. The van der Waals surface area contributed by atoms with Gasteiger partial charge in [0.2, 0.25) is 5.91 Å². The molecule has 0 aliphatic rings. The number of carbonyl (C=O) groups excluding carboxylic acids is 3. The van der Waals surface area contributed by atoms with Crippen molar-refractivity contribution in [3.8, 4) is 0 Å². The lowest BCUT2D eigenvalue weighted by atomic mass is 10.0. The number of para-hydroxylation sites is 3. The molecular weight excluding hydrogens is 544 g/mol. The third-order valence-electron chi connectivity index (χ3n) is 6.94. The van der Waals surface area contributed by atoms with Crippen LogP contribution < -0.4 is 21.5 Å². The number of hydrogen-bond donors (Lipinski definition) is 6.